The van der Waals surface area contributed by atoms with Crippen molar-refractivity contribution in [1.82, 2.24) is 9.97 Å². The molecule has 0 atom stereocenters. The van der Waals surface area contributed by atoms with Crippen LogP contribution in [-0.2, 0) is 0 Å². The van der Waals surface area contributed by atoms with E-state index in [1.807, 2.05) is 18.2 Å². The molecule has 0 saturated carbocycles. The standard InChI is InChI=1S/C15H8N2O4/c18-15(19)8-4-3-7-11-12(8)21-14-13(20-11)16-9-5-1-2-6-10(9)17-14/h1-7H,(H,18,19). The molecule has 21 heavy (non-hydrogen) atoms. The number of aromatic carboxylic acids is 1. The zero-order valence-corrected chi connectivity index (χ0v) is 10.6. The highest BCUT2D eigenvalue weighted by atomic mass is 16.6. The van der Waals surface area contributed by atoms with Crippen molar-refractivity contribution in [3.63, 3.8) is 0 Å². The molecular formula is C15H8N2O4. The van der Waals surface area contributed by atoms with E-state index in [-0.39, 0.29) is 23.1 Å². The number of hydrogen-bond donors (Lipinski definition) is 1. The minimum absolute atomic E-state index is 0.0214. The first-order valence-electron chi connectivity index (χ1n) is 6.21. The Balaban J connectivity index is 1.90. The zero-order valence-electron chi connectivity index (χ0n) is 10.6. The van der Waals surface area contributed by atoms with Crippen molar-refractivity contribution >= 4 is 17.0 Å². The summed E-state index contributed by atoms with van der Waals surface area (Å²) >= 11 is 0. The van der Waals surface area contributed by atoms with Crippen LogP contribution in [-0.4, -0.2) is 21.0 Å². The third kappa shape index (κ3) is 1.77. The average Bonchev–Trinajstić information content (AvgIpc) is 2.50. The van der Waals surface area contributed by atoms with Crippen LogP contribution < -0.4 is 9.47 Å². The second-order valence-corrected chi connectivity index (χ2v) is 4.46. The quantitative estimate of drug-likeness (QED) is 0.576. The maximum Gasteiger partial charge on any atom is 0.339 e. The van der Waals surface area contributed by atoms with Gasteiger partial charge in [0.05, 0.1) is 11.0 Å². The molecule has 4 rings (SSSR count). The van der Waals surface area contributed by atoms with Crippen LogP contribution in [0, 0.1) is 0 Å². The Morgan fingerprint density at radius 1 is 0.905 bits per heavy atom. The van der Waals surface area contributed by atoms with Crippen LogP contribution in [0.25, 0.3) is 11.0 Å². The highest BCUT2D eigenvalue weighted by Gasteiger charge is 2.26. The second-order valence-electron chi connectivity index (χ2n) is 4.46. The summed E-state index contributed by atoms with van der Waals surface area (Å²) in [5.41, 5.74) is 1.35. The van der Waals surface area contributed by atoms with Crippen LogP contribution >= 0.6 is 0 Å². The number of fused-ring (bicyclic) bond motifs is 3. The first kappa shape index (κ1) is 11.7. The number of carbonyl (C=O) groups is 1. The van der Waals surface area contributed by atoms with Crippen LogP contribution in [0.3, 0.4) is 0 Å². The third-order valence-electron chi connectivity index (χ3n) is 3.12. The number of carboxylic acids is 1. The maximum absolute atomic E-state index is 11.2. The van der Waals surface area contributed by atoms with Gasteiger partial charge in [-0.1, -0.05) is 18.2 Å². The Labute approximate surface area is 118 Å². The molecule has 6 nitrogen and oxygen atoms in total. The summed E-state index contributed by atoms with van der Waals surface area (Å²) in [6, 6.07) is 12.0. The second kappa shape index (κ2) is 4.17. The van der Waals surface area contributed by atoms with E-state index in [2.05, 4.69) is 9.97 Å². The van der Waals surface area contributed by atoms with Crippen molar-refractivity contribution < 1.29 is 19.4 Å². The van der Waals surface area contributed by atoms with Crippen molar-refractivity contribution in [2.45, 2.75) is 0 Å². The lowest BCUT2D eigenvalue weighted by molar-refractivity contribution is 0.0693. The van der Waals surface area contributed by atoms with Gasteiger partial charge in [0.25, 0.3) is 11.8 Å². The molecule has 1 aliphatic rings. The number of para-hydroxylation sites is 3. The number of ether oxygens (including phenoxy) is 2. The lowest BCUT2D eigenvalue weighted by Crippen LogP contribution is -2.08. The van der Waals surface area contributed by atoms with Crippen molar-refractivity contribution in [2.24, 2.45) is 0 Å². The van der Waals surface area contributed by atoms with E-state index in [9.17, 15) is 9.90 Å². The normalized spacial score (nSPS) is 12.0. The number of nitrogens with zero attached hydrogens (tertiary/aromatic N) is 2. The van der Waals surface area contributed by atoms with Gasteiger partial charge in [0.1, 0.15) is 5.56 Å². The van der Waals surface area contributed by atoms with Gasteiger partial charge in [-0.3, -0.25) is 0 Å². The van der Waals surface area contributed by atoms with Gasteiger partial charge in [-0.05, 0) is 24.3 Å². The molecule has 0 unspecified atom stereocenters. The van der Waals surface area contributed by atoms with E-state index in [1.165, 1.54) is 6.07 Å². The average molecular weight is 280 g/mol. The van der Waals surface area contributed by atoms with Gasteiger partial charge in [-0.25, -0.2) is 14.8 Å². The summed E-state index contributed by atoms with van der Waals surface area (Å²) in [6.45, 7) is 0. The molecule has 1 aromatic heterocycles. The molecule has 102 valence electrons. The van der Waals surface area contributed by atoms with Gasteiger partial charge in [-0.15, -0.1) is 0 Å². The molecule has 0 bridgehead atoms. The smallest absolute Gasteiger partial charge is 0.339 e. The lowest BCUT2D eigenvalue weighted by atomic mass is 10.2. The van der Waals surface area contributed by atoms with Crippen LogP contribution in [0.2, 0.25) is 0 Å². The summed E-state index contributed by atoms with van der Waals surface area (Å²) in [4.78, 5) is 19.9. The molecule has 1 aliphatic heterocycles. The molecule has 0 fully saturated rings. The fraction of sp³-hybridized carbons (Fsp3) is 0. The maximum atomic E-state index is 11.2. The number of rotatable bonds is 1. The van der Waals surface area contributed by atoms with Gasteiger partial charge in [0, 0.05) is 0 Å². The summed E-state index contributed by atoms with van der Waals surface area (Å²) in [7, 11) is 0. The third-order valence-corrected chi connectivity index (χ3v) is 3.12. The van der Waals surface area contributed by atoms with Crippen molar-refractivity contribution in [2.75, 3.05) is 0 Å². The van der Waals surface area contributed by atoms with Gasteiger partial charge >= 0.3 is 5.97 Å². The Bertz CT molecular complexity index is 892. The van der Waals surface area contributed by atoms with Crippen LogP contribution in [0.5, 0.6) is 23.3 Å². The largest absolute Gasteiger partial charge is 0.478 e. The topological polar surface area (TPSA) is 81.5 Å². The molecule has 0 spiro atoms. The van der Waals surface area contributed by atoms with Crippen LogP contribution in [0.1, 0.15) is 10.4 Å². The minimum Gasteiger partial charge on any atom is -0.478 e. The highest BCUT2D eigenvalue weighted by molar-refractivity contribution is 5.92. The first-order valence-corrected chi connectivity index (χ1v) is 6.21. The molecule has 6 heteroatoms. The van der Waals surface area contributed by atoms with E-state index in [4.69, 9.17) is 9.47 Å². The van der Waals surface area contributed by atoms with Gasteiger partial charge in [0.15, 0.2) is 11.5 Å². The summed E-state index contributed by atoms with van der Waals surface area (Å²) in [5.74, 6) is -0.250. The number of hydrogen-bond acceptors (Lipinski definition) is 5. The first-order chi connectivity index (χ1) is 10.2. The monoisotopic (exact) mass is 280 g/mol. The van der Waals surface area contributed by atoms with E-state index in [0.717, 1.165) is 0 Å². The van der Waals surface area contributed by atoms with E-state index in [0.29, 0.717) is 16.8 Å². The van der Waals surface area contributed by atoms with Crippen LogP contribution in [0.15, 0.2) is 42.5 Å². The molecule has 0 radical (unpaired) electrons. The van der Waals surface area contributed by atoms with Crippen molar-refractivity contribution in [3.05, 3.63) is 48.0 Å². The molecular weight excluding hydrogens is 272 g/mol. The molecule has 0 aliphatic carbocycles. The molecule has 2 aromatic carbocycles. The highest BCUT2D eigenvalue weighted by Crippen LogP contribution is 2.45. The van der Waals surface area contributed by atoms with Crippen molar-refractivity contribution in [1.29, 1.82) is 0 Å². The van der Waals surface area contributed by atoms with E-state index in [1.54, 1.807) is 18.2 Å². The molecule has 0 saturated heterocycles. The summed E-state index contributed by atoms with van der Waals surface area (Å²) < 4.78 is 11.2. The fourth-order valence-corrected chi connectivity index (χ4v) is 2.17. The Kier molecular flexibility index (Phi) is 2.32. The lowest BCUT2D eigenvalue weighted by Gasteiger charge is -2.20. The fourth-order valence-electron chi connectivity index (χ4n) is 2.17. The number of aromatic nitrogens is 2. The Morgan fingerprint density at radius 3 is 2.24 bits per heavy atom. The van der Waals surface area contributed by atoms with Crippen molar-refractivity contribution in [3.8, 4) is 23.3 Å². The van der Waals surface area contributed by atoms with E-state index < -0.39 is 5.97 Å². The molecule has 2 heterocycles. The van der Waals surface area contributed by atoms with Gasteiger partial charge < -0.3 is 14.6 Å². The summed E-state index contributed by atoms with van der Waals surface area (Å²) in [5, 5.41) is 9.19. The van der Waals surface area contributed by atoms with Crippen LogP contribution in [0.4, 0.5) is 0 Å². The Morgan fingerprint density at radius 2 is 1.57 bits per heavy atom. The predicted octanol–water partition coefficient (Wildman–Crippen LogP) is 3.23. The zero-order chi connectivity index (χ0) is 14.4. The van der Waals surface area contributed by atoms with Gasteiger partial charge in [0.2, 0.25) is 0 Å². The SMILES string of the molecule is O=C(O)c1cccc2c1Oc1nc3ccccc3nc1O2. The Hall–Kier alpha value is -3.15. The molecule has 3 aromatic rings. The predicted molar refractivity (Wildman–Crippen MR) is 73.1 cm³/mol. The van der Waals surface area contributed by atoms with E-state index >= 15 is 0 Å². The van der Waals surface area contributed by atoms with Gasteiger partial charge in [-0.2, -0.15) is 0 Å². The molecule has 0 amide bonds. The number of carboxylic acid groups (broad SMARTS) is 1. The summed E-state index contributed by atoms with van der Waals surface area (Å²) in [6.07, 6.45) is 0. The molecule has 1 N–H and O–H groups in total. The number of benzene rings is 2. The minimum atomic E-state index is -1.09.